The predicted octanol–water partition coefficient (Wildman–Crippen LogP) is 4.08. The maximum Gasteiger partial charge on any atom is 0.271 e. The third-order valence-corrected chi connectivity index (χ3v) is 3.69. The molecule has 0 aromatic heterocycles. The molecule has 0 fully saturated rings. The normalized spacial score (nSPS) is 10.5. The number of hydrazone groups is 1. The second kappa shape index (κ2) is 10.2. The smallest absolute Gasteiger partial charge is 0.271 e. The quantitative estimate of drug-likeness (QED) is 0.399. The molecule has 2 aromatic carbocycles. The summed E-state index contributed by atoms with van der Waals surface area (Å²) >= 11 is 6.23. The first-order chi connectivity index (χ1) is 13.1. The van der Waals surface area contributed by atoms with E-state index in [9.17, 15) is 4.79 Å². The van der Waals surface area contributed by atoms with Crippen molar-refractivity contribution in [2.24, 2.45) is 5.10 Å². The Hall–Kier alpha value is -2.99. The van der Waals surface area contributed by atoms with Crippen LogP contribution >= 0.6 is 11.6 Å². The molecule has 2 aromatic rings. The molecule has 0 heterocycles. The molecule has 0 aliphatic carbocycles. The summed E-state index contributed by atoms with van der Waals surface area (Å²) in [5, 5.41) is 4.33. The molecule has 7 heteroatoms. The summed E-state index contributed by atoms with van der Waals surface area (Å²) in [6, 6.07) is 10.2. The van der Waals surface area contributed by atoms with Gasteiger partial charge in [0.25, 0.3) is 5.91 Å². The number of ether oxygens (including phenoxy) is 3. The van der Waals surface area contributed by atoms with Crippen LogP contribution in [0.15, 0.2) is 54.2 Å². The molecule has 2 rings (SSSR count). The molecule has 142 valence electrons. The minimum absolute atomic E-state index is 0.307. The van der Waals surface area contributed by atoms with Crippen molar-refractivity contribution in [1.29, 1.82) is 0 Å². The lowest BCUT2D eigenvalue weighted by Crippen LogP contribution is -2.17. The van der Waals surface area contributed by atoms with E-state index in [2.05, 4.69) is 17.1 Å². The second-order valence-electron chi connectivity index (χ2n) is 5.29. The third kappa shape index (κ3) is 5.76. The molecule has 1 N–H and O–H groups in total. The lowest BCUT2D eigenvalue weighted by molar-refractivity contribution is 0.0955. The van der Waals surface area contributed by atoms with Gasteiger partial charge in [0.15, 0.2) is 11.5 Å². The number of methoxy groups -OCH3 is 1. The summed E-state index contributed by atoms with van der Waals surface area (Å²) in [7, 11) is 1.51. The standard InChI is InChI=1S/C20H21ClN2O4/c1-4-10-27-19-17(21)11-14(12-18(19)25-3)13-22-23-20(24)15-6-8-16(9-7-15)26-5-2/h4,6-9,11-13H,1,5,10H2,2-3H3,(H,23,24)/b22-13-. The molecule has 0 radical (unpaired) electrons. The maximum absolute atomic E-state index is 12.1. The van der Waals surface area contributed by atoms with Gasteiger partial charge in [-0.05, 0) is 48.9 Å². The van der Waals surface area contributed by atoms with E-state index in [0.29, 0.717) is 46.6 Å². The fraction of sp³-hybridized carbons (Fsp3) is 0.200. The number of nitrogens with zero attached hydrogens (tertiary/aromatic N) is 1. The van der Waals surface area contributed by atoms with Gasteiger partial charge < -0.3 is 14.2 Å². The number of hydrogen-bond acceptors (Lipinski definition) is 5. The van der Waals surface area contributed by atoms with E-state index in [0.717, 1.165) is 0 Å². The average molecular weight is 389 g/mol. The van der Waals surface area contributed by atoms with Gasteiger partial charge in [0, 0.05) is 5.56 Å². The molecule has 0 unspecified atom stereocenters. The van der Waals surface area contributed by atoms with Crippen molar-refractivity contribution in [2.75, 3.05) is 20.3 Å². The summed E-state index contributed by atoms with van der Waals surface area (Å²) in [5.74, 6) is 1.26. The number of carbonyl (C=O) groups excluding carboxylic acids is 1. The first-order valence-electron chi connectivity index (χ1n) is 8.26. The zero-order valence-electron chi connectivity index (χ0n) is 15.2. The molecular weight excluding hydrogens is 368 g/mol. The molecule has 1 amide bonds. The van der Waals surface area contributed by atoms with Crippen molar-refractivity contribution in [3.63, 3.8) is 0 Å². The van der Waals surface area contributed by atoms with Gasteiger partial charge in [0.1, 0.15) is 12.4 Å². The lowest BCUT2D eigenvalue weighted by Gasteiger charge is -2.11. The monoisotopic (exact) mass is 388 g/mol. The molecule has 0 aliphatic heterocycles. The highest BCUT2D eigenvalue weighted by molar-refractivity contribution is 6.32. The summed E-state index contributed by atoms with van der Waals surface area (Å²) in [6.45, 7) is 6.37. The second-order valence-corrected chi connectivity index (χ2v) is 5.70. The van der Waals surface area contributed by atoms with Gasteiger partial charge in [-0.25, -0.2) is 5.43 Å². The van der Waals surface area contributed by atoms with Crippen LogP contribution in [0.25, 0.3) is 0 Å². The first kappa shape index (κ1) is 20.3. The minimum Gasteiger partial charge on any atom is -0.494 e. The van der Waals surface area contributed by atoms with Crippen LogP contribution in [-0.2, 0) is 0 Å². The number of rotatable bonds is 9. The molecule has 0 spiro atoms. The molecule has 0 atom stereocenters. The number of amides is 1. The number of benzene rings is 2. The van der Waals surface area contributed by atoms with Crippen molar-refractivity contribution >= 4 is 23.7 Å². The Balaban J connectivity index is 2.05. The Morgan fingerprint density at radius 3 is 2.63 bits per heavy atom. The Morgan fingerprint density at radius 1 is 1.26 bits per heavy atom. The Bertz CT molecular complexity index is 819. The highest BCUT2D eigenvalue weighted by Gasteiger charge is 2.11. The fourth-order valence-electron chi connectivity index (χ4n) is 2.20. The maximum atomic E-state index is 12.1. The van der Waals surface area contributed by atoms with E-state index in [1.165, 1.54) is 13.3 Å². The van der Waals surface area contributed by atoms with Gasteiger partial charge in [-0.15, -0.1) is 0 Å². The summed E-state index contributed by atoms with van der Waals surface area (Å²) in [5.41, 5.74) is 3.59. The first-order valence-corrected chi connectivity index (χ1v) is 8.64. The van der Waals surface area contributed by atoms with E-state index in [-0.39, 0.29) is 5.91 Å². The molecule has 0 saturated heterocycles. The minimum atomic E-state index is -0.335. The van der Waals surface area contributed by atoms with Crippen LogP contribution in [0.1, 0.15) is 22.8 Å². The highest BCUT2D eigenvalue weighted by atomic mass is 35.5. The zero-order valence-corrected chi connectivity index (χ0v) is 16.0. The average Bonchev–Trinajstić information content (AvgIpc) is 2.67. The molecule has 6 nitrogen and oxygen atoms in total. The van der Waals surface area contributed by atoms with Crippen molar-refractivity contribution in [1.82, 2.24) is 5.43 Å². The predicted molar refractivity (Wildman–Crippen MR) is 106 cm³/mol. The third-order valence-electron chi connectivity index (χ3n) is 3.40. The SMILES string of the molecule is C=CCOc1c(Cl)cc(/C=N\NC(=O)c2ccc(OCC)cc2)cc1OC. The van der Waals surface area contributed by atoms with Crippen LogP contribution in [0.4, 0.5) is 0 Å². The summed E-state index contributed by atoms with van der Waals surface area (Å²) in [4.78, 5) is 12.1. The topological polar surface area (TPSA) is 69.2 Å². The van der Waals surface area contributed by atoms with E-state index < -0.39 is 0 Å². The van der Waals surface area contributed by atoms with Crippen LogP contribution in [0.2, 0.25) is 5.02 Å². The number of halogens is 1. The summed E-state index contributed by atoms with van der Waals surface area (Å²) < 4.78 is 16.1. The van der Waals surface area contributed by atoms with Crippen molar-refractivity contribution in [3.8, 4) is 17.2 Å². The van der Waals surface area contributed by atoms with Crippen LogP contribution in [0, 0.1) is 0 Å². The van der Waals surface area contributed by atoms with E-state index in [1.807, 2.05) is 6.92 Å². The Kier molecular flexibility index (Phi) is 7.70. The van der Waals surface area contributed by atoms with Crippen LogP contribution < -0.4 is 19.6 Å². The molecule has 0 saturated carbocycles. The number of carbonyl (C=O) groups is 1. The van der Waals surface area contributed by atoms with Gasteiger partial charge in [0.05, 0.1) is 25.0 Å². The largest absolute Gasteiger partial charge is 0.494 e. The van der Waals surface area contributed by atoms with Gasteiger partial charge >= 0.3 is 0 Å². The van der Waals surface area contributed by atoms with Gasteiger partial charge in [-0.2, -0.15) is 5.10 Å². The van der Waals surface area contributed by atoms with Crippen LogP contribution in [0.5, 0.6) is 17.2 Å². The lowest BCUT2D eigenvalue weighted by atomic mass is 10.2. The number of nitrogens with one attached hydrogen (secondary N) is 1. The van der Waals surface area contributed by atoms with E-state index in [4.69, 9.17) is 25.8 Å². The molecule has 0 aliphatic rings. The molecule has 27 heavy (non-hydrogen) atoms. The van der Waals surface area contributed by atoms with Crippen molar-refractivity contribution in [2.45, 2.75) is 6.92 Å². The number of hydrogen-bond donors (Lipinski definition) is 1. The Morgan fingerprint density at radius 2 is 2.00 bits per heavy atom. The van der Waals surface area contributed by atoms with Crippen molar-refractivity contribution < 1.29 is 19.0 Å². The Labute approximate surface area is 163 Å². The molecular formula is C20H21ClN2O4. The van der Waals surface area contributed by atoms with Gasteiger partial charge in [0.2, 0.25) is 0 Å². The highest BCUT2D eigenvalue weighted by Crippen LogP contribution is 2.36. The molecule has 0 bridgehead atoms. The van der Waals surface area contributed by atoms with E-state index in [1.54, 1.807) is 42.5 Å². The van der Waals surface area contributed by atoms with Crippen LogP contribution in [0.3, 0.4) is 0 Å². The fourth-order valence-corrected chi connectivity index (χ4v) is 2.47. The van der Waals surface area contributed by atoms with Crippen molar-refractivity contribution in [3.05, 3.63) is 65.2 Å². The zero-order chi connectivity index (χ0) is 19.6. The van der Waals surface area contributed by atoms with Crippen LogP contribution in [-0.4, -0.2) is 32.4 Å². The summed E-state index contributed by atoms with van der Waals surface area (Å²) in [6.07, 6.45) is 3.08. The van der Waals surface area contributed by atoms with Gasteiger partial charge in [-0.3, -0.25) is 4.79 Å². The van der Waals surface area contributed by atoms with Gasteiger partial charge in [-0.1, -0.05) is 24.3 Å². The van der Waals surface area contributed by atoms with E-state index >= 15 is 0 Å².